The molecule has 0 bridgehead atoms. The highest BCUT2D eigenvalue weighted by Gasteiger charge is 2.29. The zero-order valence-electron chi connectivity index (χ0n) is 11.9. The summed E-state index contributed by atoms with van der Waals surface area (Å²) in [7, 11) is -3.18. The number of hydrogen-bond acceptors (Lipinski definition) is 3. The predicted octanol–water partition coefficient (Wildman–Crippen LogP) is 2.47. The molecule has 1 heterocycles. The number of rotatable bonds is 3. The van der Waals surface area contributed by atoms with Crippen LogP contribution in [0.5, 0.6) is 0 Å². The highest BCUT2D eigenvalue weighted by molar-refractivity contribution is 7.94. The van der Waals surface area contributed by atoms with Crippen molar-refractivity contribution in [2.75, 3.05) is 10.7 Å². The fourth-order valence-electron chi connectivity index (χ4n) is 2.35. The Bertz CT molecular complexity index is 630. The SMILES string of the molecule is CC(=O)N(c1ccc(C(C)C)cc1)[C@@H]1C=CS(=O)(=O)C1. The quantitative estimate of drug-likeness (QED) is 0.860. The zero-order valence-corrected chi connectivity index (χ0v) is 12.7. The maximum atomic E-state index is 11.9. The summed E-state index contributed by atoms with van der Waals surface area (Å²) in [4.78, 5) is 13.4. The van der Waals surface area contributed by atoms with E-state index in [1.807, 2.05) is 24.3 Å². The van der Waals surface area contributed by atoms with Crippen LogP contribution in [0.3, 0.4) is 0 Å². The third-order valence-electron chi connectivity index (χ3n) is 3.42. The van der Waals surface area contributed by atoms with Gasteiger partial charge in [-0.2, -0.15) is 0 Å². The maximum Gasteiger partial charge on any atom is 0.224 e. The number of sulfone groups is 1. The Labute approximate surface area is 120 Å². The summed E-state index contributed by atoms with van der Waals surface area (Å²) in [5.41, 5.74) is 1.92. The molecule has 4 nitrogen and oxygen atoms in total. The van der Waals surface area contributed by atoms with E-state index in [0.717, 1.165) is 5.69 Å². The number of carbonyl (C=O) groups excluding carboxylic acids is 1. The van der Waals surface area contributed by atoms with Gasteiger partial charge in [-0.15, -0.1) is 0 Å². The minimum atomic E-state index is -3.18. The number of hydrogen-bond donors (Lipinski definition) is 0. The molecular formula is C15H19NO3S. The standard InChI is InChI=1S/C15H19NO3S/c1-11(2)13-4-6-14(7-5-13)16(12(3)17)15-8-9-20(18,19)10-15/h4-9,11,15H,10H2,1-3H3/t15-/m1/s1. The second kappa shape index (κ2) is 5.40. The van der Waals surface area contributed by atoms with Gasteiger partial charge in [-0.05, 0) is 29.7 Å². The molecule has 5 heteroatoms. The molecule has 2 rings (SSSR count). The topological polar surface area (TPSA) is 54.5 Å². The van der Waals surface area contributed by atoms with Gasteiger partial charge in [0.2, 0.25) is 5.91 Å². The molecule has 0 N–H and O–H groups in total. The van der Waals surface area contributed by atoms with Crippen LogP contribution in [-0.4, -0.2) is 26.1 Å². The smallest absolute Gasteiger partial charge is 0.224 e. The lowest BCUT2D eigenvalue weighted by atomic mass is 10.0. The van der Waals surface area contributed by atoms with Crippen molar-refractivity contribution in [1.82, 2.24) is 0 Å². The number of nitrogens with zero attached hydrogens (tertiary/aromatic N) is 1. The molecule has 1 aliphatic rings. The average Bonchev–Trinajstić information content (AvgIpc) is 2.70. The summed E-state index contributed by atoms with van der Waals surface area (Å²) in [6.45, 7) is 5.66. The van der Waals surface area contributed by atoms with Crippen molar-refractivity contribution in [3.63, 3.8) is 0 Å². The van der Waals surface area contributed by atoms with Crippen LogP contribution in [0.1, 0.15) is 32.3 Å². The lowest BCUT2D eigenvalue weighted by molar-refractivity contribution is -0.116. The van der Waals surface area contributed by atoms with E-state index in [-0.39, 0.29) is 11.7 Å². The van der Waals surface area contributed by atoms with Gasteiger partial charge in [-0.3, -0.25) is 4.79 Å². The Morgan fingerprint density at radius 1 is 1.25 bits per heavy atom. The fourth-order valence-corrected chi connectivity index (χ4v) is 3.61. The summed E-state index contributed by atoms with van der Waals surface area (Å²) in [6.07, 6.45) is 1.58. The Morgan fingerprint density at radius 3 is 2.25 bits per heavy atom. The van der Waals surface area contributed by atoms with Crippen molar-refractivity contribution in [1.29, 1.82) is 0 Å². The first-order valence-electron chi connectivity index (χ1n) is 6.61. The molecule has 0 fully saturated rings. The number of anilines is 1. The van der Waals surface area contributed by atoms with Gasteiger partial charge < -0.3 is 4.90 Å². The molecule has 0 saturated heterocycles. The Kier molecular flexibility index (Phi) is 3.99. The normalized spacial score (nSPS) is 20.3. The summed E-state index contributed by atoms with van der Waals surface area (Å²) in [5.74, 6) is 0.217. The molecule has 1 aromatic carbocycles. The van der Waals surface area contributed by atoms with Crippen molar-refractivity contribution < 1.29 is 13.2 Å². The maximum absolute atomic E-state index is 11.9. The third kappa shape index (κ3) is 3.10. The summed E-state index contributed by atoms with van der Waals surface area (Å²) in [6, 6.07) is 7.28. The molecule has 1 aromatic rings. The molecule has 1 aliphatic heterocycles. The minimum Gasteiger partial charge on any atom is -0.305 e. The molecule has 0 spiro atoms. The predicted molar refractivity (Wildman–Crippen MR) is 80.4 cm³/mol. The van der Waals surface area contributed by atoms with E-state index in [9.17, 15) is 13.2 Å². The van der Waals surface area contributed by atoms with Gasteiger partial charge in [0.1, 0.15) is 0 Å². The lowest BCUT2D eigenvalue weighted by Crippen LogP contribution is -2.39. The summed E-state index contributed by atoms with van der Waals surface area (Å²) < 4.78 is 23.0. The van der Waals surface area contributed by atoms with Crippen molar-refractivity contribution in [3.8, 4) is 0 Å². The second-order valence-electron chi connectivity index (χ2n) is 5.36. The number of benzene rings is 1. The molecular weight excluding hydrogens is 274 g/mol. The van der Waals surface area contributed by atoms with Crippen LogP contribution < -0.4 is 4.90 Å². The van der Waals surface area contributed by atoms with Gasteiger partial charge in [0.25, 0.3) is 0 Å². The Hall–Kier alpha value is -1.62. The Morgan fingerprint density at radius 2 is 1.85 bits per heavy atom. The third-order valence-corrected chi connectivity index (χ3v) is 4.80. The monoisotopic (exact) mass is 293 g/mol. The first-order valence-corrected chi connectivity index (χ1v) is 8.32. The fraction of sp³-hybridized carbons (Fsp3) is 0.400. The van der Waals surface area contributed by atoms with Crippen molar-refractivity contribution >= 4 is 21.4 Å². The van der Waals surface area contributed by atoms with Crippen molar-refractivity contribution in [2.24, 2.45) is 0 Å². The molecule has 20 heavy (non-hydrogen) atoms. The first kappa shape index (κ1) is 14.8. The van der Waals surface area contributed by atoms with Crippen molar-refractivity contribution in [2.45, 2.75) is 32.7 Å². The summed E-state index contributed by atoms with van der Waals surface area (Å²) in [5, 5.41) is 1.19. The molecule has 0 unspecified atom stereocenters. The minimum absolute atomic E-state index is 0.0431. The number of amides is 1. The average molecular weight is 293 g/mol. The lowest BCUT2D eigenvalue weighted by Gasteiger charge is -2.26. The van der Waals surface area contributed by atoms with E-state index in [0.29, 0.717) is 5.92 Å². The highest BCUT2D eigenvalue weighted by atomic mass is 32.2. The first-order chi connectivity index (χ1) is 9.30. The van der Waals surface area contributed by atoms with Crippen LogP contribution in [0, 0.1) is 0 Å². The van der Waals surface area contributed by atoms with Gasteiger partial charge >= 0.3 is 0 Å². The van der Waals surface area contributed by atoms with E-state index in [4.69, 9.17) is 0 Å². The van der Waals surface area contributed by atoms with Crippen LogP contribution in [0.15, 0.2) is 35.7 Å². The molecule has 1 atom stereocenters. The van der Waals surface area contributed by atoms with E-state index < -0.39 is 15.9 Å². The molecule has 1 amide bonds. The molecule has 0 radical (unpaired) electrons. The van der Waals surface area contributed by atoms with Gasteiger partial charge in [0, 0.05) is 18.0 Å². The molecule has 0 saturated carbocycles. The van der Waals surface area contributed by atoms with Gasteiger partial charge in [0.15, 0.2) is 9.84 Å². The van der Waals surface area contributed by atoms with Crippen LogP contribution in [0.2, 0.25) is 0 Å². The van der Waals surface area contributed by atoms with Gasteiger partial charge in [0.05, 0.1) is 11.8 Å². The van der Waals surface area contributed by atoms with Crippen LogP contribution in [0.25, 0.3) is 0 Å². The van der Waals surface area contributed by atoms with E-state index in [1.165, 1.54) is 22.8 Å². The van der Waals surface area contributed by atoms with Gasteiger partial charge in [-0.25, -0.2) is 8.42 Å². The second-order valence-corrected chi connectivity index (χ2v) is 7.29. The molecule has 0 aliphatic carbocycles. The summed E-state index contributed by atoms with van der Waals surface area (Å²) >= 11 is 0. The Balaban J connectivity index is 2.30. The van der Waals surface area contributed by atoms with Crippen molar-refractivity contribution in [3.05, 3.63) is 41.3 Å². The largest absolute Gasteiger partial charge is 0.305 e. The van der Waals surface area contributed by atoms with Crippen LogP contribution in [-0.2, 0) is 14.6 Å². The number of carbonyl (C=O) groups is 1. The highest BCUT2D eigenvalue weighted by Crippen LogP contribution is 2.25. The van der Waals surface area contributed by atoms with E-state index >= 15 is 0 Å². The zero-order chi connectivity index (χ0) is 14.9. The van der Waals surface area contributed by atoms with E-state index in [1.54, 1.807) is 6.08 Å². The van der Waals surface area contributed by atoms with Crippen LogP contribution in [0.4, 0.5) is 5.69 Å². The van der Waals surface area contributed by atoms with Gasteiger partial charge in [-0.1, -0.05) is 26.0 Å². The van der Waals surface area contributed by atoms with Crippen LogP contribution >= 0.6 is 0 Å². The molecule has 0 aromatic heterocycles. The van der Waals surface area contributed by atoms with E-state index in [2.05, 4.69) is 13.8 Å². The molecule has 108 valence electrons.